The Morgan fingerprint density at radius 3 is 2.77 bits per heavy atom. The van der Waals surface area contributed by atoms with E-state index in [-0.39, 0.29) is 11.7 Å². The first-order chi connectivity index (χ1) is 10.5. The molecule has 3 N–H and O–H groups in total. The summed E-state index contributed by atoms with van der Waals surface area (Å²) in [5, 5.41) is 12.2. The van der Waals surface area contributed by atoms with E-state index in [1.165, 1.54) is 6.92 Å². The van der Waals surface area contributed by atoms with Gasteiger partial charge < -0.3 is 20.1 Å². The van der Waals surface area contributed by atoms with Crippen LogP contribution in [0.3, 0.4) is 0 Å². The molecular formula is C15H16N2O5. The Bertz CT molecular complexity index is 720. The molecule has 1 aromatic carbocycles. The van der Waals surface area contributed by atoms with Crippen molar-refractivity contribution in [3.05, 3.63) is 30.0 Å². The van der Waals surface area contributed by atoms with Crippen LogP contribution in [-0.4, -0.2) is 34.5 Å². The van der Waals surface area contributed by atoms with Gasteiger partial charge in [0.1, 0.15) is 12.2 Å². The van der Waals surface area contributed by atoms with E-state index in [1.807, 2.05) is 6.20 Å². The number of aliphatic carboxylic acids is 1. The zero-order valence-electron chi connectivity index (χ0n) is 12.0. The normalized spacial score (nSPS) is 10.4. The van der Waals surface area contributed by atoms with E-state index in [0.717, 1.165) is 16.5 Å². The second-order valence-electron chi connectivity index (χ2n) is 4.80. The Labute approximate surface area is 126 Å². The van der Waals surface area contributed by atoms with Crippen LogP contribution in [0.4, 0.5) is 0 Å². The van der Waals surface area contributed by atoms with Crippen molar-refractivity contribution in [3.8, 4) is 5.75 Å². The summed E-state index contributed by atoms with van der Waals surface area (Å²) in [6.07, 6.45) is 1.83. The van der Waals surface area contributed by atoms with Crippen LogP contribution in [0.5, 0.6) is 5.75 Å². The maximum Gasteiger partial charge on any atom is 0.322 e. The van der Waals surface area contributed by atoms with Crippen LogP contribution in [0.25, 0.3) is 10.9 Å². The molecule has 0 radical (unpaired) electrons. The van der Waals surface area contributed by atoms with Gasteiger partial charge in [0, 0.05) is 36.6 Å². The molecule has 2 aromatic rings. The molecule has 2 rings (SSSR count). The minimum Gasteiger partial charge on any atom is -0.481 e. The van der Waals surface area contributed by atoms with Gasteiger partial charge in [-0.3, -0.25) is 14.4 Å². The SMILES string of the molecule is CC(=O)NCCc1c[nH]c2cc(OC(=O)CC(=O)O)ccc12. The lowest BCUT2D eigenvalue weighted by molar-refractivity contribution is -0.145. The van der Waals surface area contributed by atoms with Crippen LogP contribution < -0.4 is 10.1 Å². The molecule has 1 heterocycles. The summed E-state index contributed by atoms with van der Waals surface area (Å²) in [7, 11) is 0. The van der Waals surface area contributed by atoms with Gasteiger partial charge in [-0.25, -0.2) is 0 Å². The fourth-order valence-electron chi connectivity index (χ4n) is 2.10. The number of carboxylic acid groups (broad SMARTS) is 1. The maximum atomic E-state index is 11.3. The Balaban J connectivity index is 2.07. The van der Waals surface area contributed by atoms with E-state index in [4.69, 9.17) is 9.84 Å². The summed E-state index contributed by atoms with van der Waals surface area (Å²) >= 11 is 0. The minimum absolute atomic E-state index is 0.0764. The van der Waals surface area contributed by atoms with Gasteiger partial charge in [-0.05, 0) is 24.1 Å². The number of amides is 1. The number of carbonyl (C=O) groups is 3. The third-order valence-corrected chi connectivity index (χ3v) is 3.03. The Morgan fingerprint density at radius 2 is 2.09 bits per heavy atom. The number of hydrogen-bond acceptors (Lipinski definition) is 4. The van der Waals surface area contributed by atoms with Gasteiger partial charge >= 0.3 is 11.9 Å². The first-order valence-corrected chi connectivity index (χ1v) is 6.72. The molecule has 0 spiro atoms. The lowest BCUT2D eigenvalue weighted by atomic mass is 10.1. The number of H-pyrrole nitrogens is 1. The molecule has 0 unspecified atom stereocenters. The molecule has 0 bridgehead atoms. The Hall–Kier alpha value is -2.83. The molecule has 0 saturated carbocycles. The molecule has 22 heavy (non-hydrogen) atoms. The molecule has 7 nitrogen and oxygen atoms in total. The highest BCUT2D eigenvalue weighted by Crippen LogP contribution is 2.23. The van der Waals surface area contributed by atoms with Crippen LogP contribution in [0.15, 0.2) is 24.4 Å². The quantitative estimate of drug-likeness (QED) is 0.422. The first-order valence-electron chi connectivity index (χ1n) is 6.72. The standard InChI is InChI=1S/C15H16N2O5/c1-9(18)16-5-4-10-8-17-13-6-11(2-3-12(10)13)22-15(21)7-14(19)20/h2-3,6,8,17H,4-5,7H2,1H3,(H,16,18)(H,19,20). The highest BCUT2D eigenvalue weighted by atomic mass is 16.5. The number of carboxylic acids is 1. The van der Waals surface area contributed by atoms with Gasteiger partial charge in [-0.2, -0.15) is 0 Å². The molecule has 116 valence electrons. The first kappa shape index (κ1) is 15.6. The third kappa shape index (κ3) is 4.08. The van der Waals surface area contributed by atoms with Gasteiger partial charge in [-0.1, -0.05) is 0 Å². The van der Waals surface area contributed by atoms with Gasteiger partial charge in [-0.15, -0.1) is 0 Å². The second-order valence-corrected chi connectivity index (χ2v) is 4.80. The zero-order valence-corrected chi connectivity index (χ0v) is 12.0. The van der Waals surface area contributed by atoms with E-state index in [1.54, 1.807) is 18.2 Å². The minimum atomic E-state index is -1.23. The molecule has 7 heteroatoms. The summed E-state index contributed by atoms with van der Waals surface area (Å²) in [4.78, 5) is 35.7. The van der Waals surface area contributed by atoms with Crippen LogP contribution in [0, 0.1) is 0 Å². The van der Waals surface area contributed by atoms with Crippen molar-refractivity contribution in [2.45, 2.75) is 19.8 Å². The molecule has 1 amide bonds. The molecular weight excluding hydrogens is 288 g/mol. The van der Waals surface area contributed by atoms with Gasteiger partial charge in [0.2, 0.25) is 5.91 Å². The van der Waals surface area contributed by atoms with Crippen LogP contribution >= 0.6 is 0 Å². The third-order valence-electron chi connectivity index (χ3n) is 3.03. The number of hydrogen-bond donors (Lipinski definition) is 3. The molecule has 0 aliphatic heterocycles. The van der Waals surface area contributed by atoms with Crippen molar-refractivity contribution in [2.24, 2.45) is 0 Å². The van der Waals surface area contributed by atoms with Gasteiger partial charge in [0.15, 0.2) is 0 Å². The second kappa shape index (κ2) is 6.75. The zero-order chi connectivity index (χ0) is 16.1. The number of ether oxygens (including phenoxy) is 1. The monoisotopic (exact) mass is 304 g/mol. The summed E-state index contributed by atoms with van der Waals surface area (Å²) in [6, 6.07) is 5.03. The lowest BCUT2D eigenvalue weighted by Gasteiger charge is -2.04. The lowest BCUT2D eigenvalue weighted by Crippen LogP contribution is -2.22. The molecule has 0 fully saturated rings. The number of rotatable bonds is 6. The van der Waals surface area contributed by atoms with Gasteiger partial charge in [0.25, 0.3) is 0 Å². The number of nitrogens with one attached hydrogen (secondary N) is 2. The van der Waals surface area contributed by atoms with Crippen molar-refractivity contribution in [2.75, 3.05) is 6.54 Å². The number of aromatic nitrogens is 1. The Kier molecular flexibility index (Phi) is 4.77. The predicted molar refractivity (Wildman–Crippen MR) is 78.6 cm³/mol. The van der Waals surface area contributed by atoms with Gasteiger partial charge in [0.05, 0.1) is 0 Å². The highest BCUT2D eigenvalue weighted by Gasteiger charge is 2.11. The van der Waals surface area contributed by atoms with Crippen molar-refractivity contribution >= 4 is 28.7 Å². The van der Waals surface area contributed by atoms with E-state index in [9.17, 15) is 14.4 Å². The van der Waals surface area contributed by atoms with Crippen molar-refractivity contribution in [1.29, 1.82) is 0 Å². The van der Waals surface area contributed by atoms with Crippen LogP contribution in [0.2, 0.25) is 0 Å². The van der Waals surface area contributed by atoms with E-state index < -0.39 is 18.4 Å². The average Bonchev–Trinajstić information content (AvgIpc) is 2.80. The summed E-state index contributed by atoms with van der Waals surface area (Å²) in [5.74, 6) is -1.84. The predicted octanol–water partition coefficient (Wildman–Crippen LogP) is 1.23. The number of benzene rings is 1. The molecule has 0 aliphatic rings. The number of aromatic amines is 1. The van der Waals surface area contributed by atoms with Crippen LogP contribution in [-0.2, 0) is 20.8 Å². The Morgan fingerprint density at radius 1 is 1.32 bits per heavy atom. The maximum absolute atomic E-state index is 11.3. The van der Waals surface area contributed by atoms with E-state index in [2.05, 4.69) is 10.3 Å². The average molecular weight is 304 g/mol. The van der Waals surface area contributed by atoms with E-state index >= 15 is 0 Å². The number of carbonyl (C=O) groups excluding carboxylic acids is 2. The fraction of sp³-hybridized carbons (Fsp3) is 0.267. The summed E-state index contributed by atoms with van der Waals surface area (Å²) in [5.41, 5.74) is 1.81. The van der Waals surface area contributed by atoms with Crippen molar-refractivity contribution in [1.82, 2.24) is 10.3 Å². The highest BCUT2D eigenvalue weighted by molar-refractivity contribution is 5.92. The number of fused-ring (bicyclic) bond motifs is 1. The topological polar surface area (TPSA) is 108 Å². The summed E-state index contributed by atoms with van der Waals surface area (Å²) < 4.78 is 4.96. The smallest absolute Gasteiger partial charge is 0.322 e. The van der Waals surface area contributed by atoms with Crippen molar-refractivity contribution in [3.63, 3.8) is 0 Å². The largest absolute Gasteiger partial charge is 0.481 e. The fourth-order valence-corrected chi connectivity index (χ4v) is 2.10. The van der Waals surface area contributed by atoms with Crippen LogP contribution in [0.1, 0.15) is 18.9 Å². The molecule has 0 saturated heterocycles. The summed E-state index contributed by atoms with van der Waals surface area (Å²) in [6.45, 7) is 2.00. The van der Waals surface area contributed by atoms with Crippen molar-refractivity contribution < 1.29 is 24.2 Å². The molecule has 1 aromatic heterocycles. The van der Waals surface area contributed by atoms with E-state index in [0.29, 0.717) is 13.0 Å². The molecule has 0 atom stereocenters. The molecule has 0 aliphatic carbocycles. The number of esters is 1.